The molecule has 0 atom stereocenters. The summed E-state index contributed by atoms with van der Waals surface area (Å²) in [5.74, 6) is -0.536. The molecular weight excluding hydrogens is 295 g/mol. The molecule has 1 amide bonds. The monoisotopic (exact) mass is 316 g/mol. The van der Waals surface area contributed by atoms with Gasteiger partial charge in [0, 0.05) is 13.0 Å². The Morgan fingerprint density at radius 3 is 2.48 bits per heavy atom. The number of carbonyl (C=O) groups excluding carboxylic acids is 1. The largest absolute Gasteiger partial charge is 0.354 e. The number of sulfonamides is 1. The van der Waals surface area contributed by atoms with Crippen LogP contribution in [0.4, 0.5) is 10.1 Å². The van der Waals surface area contributed by atoms with Crippen molar-refractivity contribution in [2.75, 3.05) is 23.7 Å². The molecule has 0 saturated heterocycles. The summed E-state index contributed by atoms with van der Waals surface area (Å²) in [5, 5.41) is 2.64. The Hall–Kier alpha value is -1.63. The number of nitrogens with zero attached hydrogens (tertiary/aromatic N) is 1. The van der Waals surface area contributed by atoms with E-state index in [0.717, 1.165) is 10.6 Å². The van der Waals surface area contributed by atoms with Crippen molar-refractivity contribution >= 4 is 21.6 Å². The summed E-state index contributed by atoms with van der Waals surface area (Å²) >= 11 is 0. The van der Waals surface area contributed by atoms with Gasteiger partial charge in [0.2, 0.25) is 15.9 Å². The summed E-state index contributed by atoms with van der Waals surface area (Å²) in [5.41, 5.74) is -0.0156. The zero-order valence-corrected chi connectivity index (χ0v) is 13.3. The van der Waals surface area contributed by atoms with E-state index in [2.05, 4.69) is 5.32 Å². The molecule has 0 unspecified atom stereocenters. The van der Waals surface area contributed by atoms with Crippen LogP contribution in [0.2, 0.25) is 0 Å². The maximum atomic E-state index is 13.7. The molecule has 118 valence electrons. The van der Waals surface area contributed by atoms with Gasteiger partial charge in [0.1, 0.15) is 5.82 Å². The van der Waals surface area contributed by atoms with E-state index in [-0.39, 0.29) is 30.6 Å². The van der Waals surface area contributed by atoms with Crippen LogP contribution >= 0.6 is 0 Å². The molecule has 0 aliphatic heterocycles. The number of para-hydroxylation sites is 1. The highest BCUT2D eigenvalue weighted by Crippen LogP contribution is 2.20. The lowest BCUT2D eigenvalue weighted by molar-refractivity contribution is -0.121. The number of anilines is 1. The fourth-order valence-electron chi connectivity index (χ4n) is 1.86. The Balaban J connectivity index is 2.74. The van der Waals surface area contributed by atoms with E-state index in [1.165, 1.54) is 18.2 Å². The highest BCUT2D eigenvalue weighted by molar-refractivity contribution is 7.92. The Labute approximate surface area is 125 Å². The van der Waals surface area contributed by atoms with Gasteiger partial charge in [0.25, 0.3) is 0 Å². The Bertz CT molecular complexity index is 588. The van der Waals surface area contributed by atoms with E-state index in [1.807, 2.05) is 13.8 Å². The molecule has 7 heteroatoms. The number of hydrogen-bond acceptors (Lipinski definition) is 3. The number of amides is 1. The van der Waals surface area contributed by atoms with Crippen LogP contribution in [0.25, 0.3) is 0 Å². The normalized spacial score (nSPS) is 11.5. The summed E-state index contributed by atoms with van der Waals surface area (Å²) in [6.07, 6.45) is 1.38. The lowest BCUT2D eigenvalue weighted by atomic mass is 10.1. The van der Waals surface area contributed by atoms with Crippen LogP contribution in [0.1, 0.15) is 20.3 Å². The Morgan fingerprint density at radius 1 is 1.33 bits per heavy atom. The van der Waals surface area contributed by atoms with Crippen LogP contribution in [0.5, 0.6) is 0 Å². The van der Waals surface area contributed by atoms with Crippen LogP contribution in [0, 0.1) is 11.7 Å². The molecule has 0 bridgehead atoms. The van der Waals surface area contributed by atoms with E-state index < -0.39 is 15.8 Å². The van der Waals surface area contributed by atoms with Gasteiger partial charge in [-0.3, -0.25) is 9.10 Å². The predicted octanol–water partition coefficient (Wildman–Crippen LogP) is 1.75. The van der Waals surface area contributed by atoms with E-state index in [4.69, 9.17) is 0 Å². The van der Waals surface area contributed by atoms with Gasteiger partial charge >= 0.3 is 0 Å². The zero-order chi connectivity index (χ0) is 16.0. The highest BCUT2D eigenvalue weighted by Gasteiger charge is 2.20. The molecule has 0 radical (unpaired) electrons. The van der Waals surface area contributed by atoms with Crippen LogP contribution in [0.15, 0.2) is 24.3 Å². The lowest BCUT2D eigenvalue weighted by Gasteiger charge is -2.23. The predicted molar refractivity (Wildman–Crippen MR) is 81.1 cm³/mol. The SMILES string of the molecule is CC(C)CC(=O)NCCN(c1ccccc1F)S(C)(=O)=O. The van der Waals surface area contributed by atoms with Gasteiger partial charge in [-0.05, 0) is 18.1 Å². The lowest BCUT2D eigenvalue weighted by Crippen LogP contribution is -2.38. The van der Waals surface area contributed by atoms with Crippen molar-refractivity contribution in [3.63, 3.8) is 0 Å². The molecule has 21 heavy (non-hydrogen) atoms. The molecule has 0 fully saturated rings. The van der Waals surface area contributed by atoms with E-state index in [1.54, 1.807) is 6.07 Å². The van der Waals surface area contributed by atoms with Gasteiger partial charge in [0.15, 0.2) is 0 Å². The van der Waals surface area contributed by atoms with Crippen molar-refractivity contribution in [2.24, 2.45) is 5.92 Å². The smallest absolute Gasteiger partial charge is 0.232 e. The molecule has 0 aliphatic rings. The summed E-state index contributed by atoms with van der Waals surface area (Å²) in [7, 11) is -3.62. The number of rotatable bonds is 7. The number of nitrogens with one attached hydrogen (secondary N) is 1. The molecule has 0 saturated carbocycles. The second kappa shape index (κ2) is 7.40. The first-order chi connectivity index (χ1) is 9.71. The van der Waals surface area contributed by atoms with Crippen molar-refractivity contribution in [1.29, 1.82) is 0 Å². The number of hydrogen-bond donors (Lipinski definition) is 1. The van der Waals surface area contributed by atoms with E-state index in [9.17, 15) is 17.6 Å². The van der Waals surface area contributed by atoms with Gasteiger partial charge in [0.05, 0.1) is 18.5 Å². The maximum absolute atomic E-state index is 13.7. The first kappa shape index (κ1) is 17.4. The Morgan fingerprint density at radius 2 is 1.95 bits per heavy atom. The minimum absolute atomic E-state index is 0.0103. The van der Waals surface area contributed by atoms with Gasteiger partial charge in [-0.1, -0.05) is 26.0 Å². The molecular formula is C14H21FN2O3S. The second-order valence-corrected chi connectivity index (χ2v) is 7.14. The van der Waals surface area contributed by atoms with Crippen molar-refractivity contribution in [3.8, 4) is 0 Å². The summed E-state index contributed by atoms with van der Waals surface area (Å²) < 4.78 is 38.3. The van der Waals surface area contributed by atoms with Crippen LogP contribution < -0.4 is 9.62 Å². The molecule has 1 aromatic rings. The molecule has 1 rings (SSSR count). The molecule has 0 heterocycles. The van der Waals surface area contributed by atoms with Gasteiger partial charge < -0.3 is 5.32 Å². The Kier molecular flexibility index (Phi) is 6.14. The van der Waals surface area contributed by atoms with Crippen molar-refractivity contribution < 1.29 is 17.6 Å². The molecule has 0 spiro atoms. The zero-order valence-electron chi connectivity index (χ0n) is 12.5. The van der Waals surface area contributed by atoms with Crippen LogP contribution in [0.3, 0.4) is 0 Å². The molecule has 0 aliphatic carbocycles. The van der Waals surface area contributed by atoms with Crippen molar-refractivity contribution in [1.82, 2.24) is 5.32 Å². The van der Waals surface area contributed by atoms with Crippen LogP contribution in [-0.4, -0.2) is 33.7 Å². The van der Waals surface area contributed by atoms with Crippen molar-refractivity contribution in [2.45, 2.75) is 20.3 Å². The second-order valence-electron chi connectivity index (χ2n) is 5.23. The summed E-state index contributed by atoms with van der Waals surface area (Å²) in [4.78, 5) is 11.5. The minimum atomic E-state index is -3.62. The van der Waals surface area contributed by atoms with Crippen molar-refractivity contribution in [3.05, 3.63) is 30.1 Å². The van der Waals surface area contributed by atoms with Gasteiger partial charge in [-0.15, -0.1) is 0 Å². The third-order valence-corrected chi connectivity index (χ3v) is 3.93. The quantitative estimate of drug-likeness (QED) is 0.833. The van der Waals surface area contributed by atoms with Gasteiger partial charge in [-0.25, -0.2) is 12.8 Å². The first-order valence-corrected chi connectivity index (χ1v) is 8.55. The number of benzene rings is 1. The molecule has 1 aromatic carbocycles. The standard InChI is InChI=1S/C14H21FN2O3S/c1-11(2)10-14(18)16-8-9-17(21(3,19)20)13-7-5-4-6-12(13)15/h4-7,11H,8-10H2,1-3H3,(H,16,18). The number of halogens is 1. The topological polar surface area (TPSA) is 66.5 Å². The van der Waals surface area contributed by atoms with E-state index >= 15 is 0 Å². The average molecular weight is 316 g/mol. The number of carbonyl (C=O) groups is 1. The average Bonchev–Trinajstić information content (AvgIpc) is 2.33. The van der Waals surface area contributed by atoms with Gasteiger partial charge in [-0.2, -0.15) is 0 Å². The first-order valence-electron chi connectivity index (χ1n) is 6.70. The summed E-state index contributed by atoms with van der Waals surface area (Å²) in [6.45, 7) is 3.96. The fraction of sp³-hybridized carbons (Fsp3) is 0.500. The van der Waals surface area contributed by atoms with E-state index in [0.29, 0.717) is 6.42 Å². The third kappa shape index (κ3) is 5.71. The summed E-state index contributed by atoms with van der Waals surface area (Å²) in [6, 6.07) is 5.65. The third-order valence-electron chi connectivity index (χ3n) is 2.75. The molecule has 5 nitrogen and oxygen atoms in total. The molecule has 0 aromatic heterocycles. The fourth-order valence-corrected chi connectivity index (χ4v) is 2.79. The van der Waals surface area contributed by atoms with Crippen LogP contribution in [-0.2, 0) is 14.8 Å². The minimum Gasteiger partial charge on any atom is -0.354 e. The molecule has 1 N–H and O–H groups in total. The highest BCUT2D eigenvalue weighted by atomic mass is 32.2. The maximum Gasteiger partial charge on any atom is 0.232 e.